The van der Waals surface area contributed by atoms with Crippen LogP contribution in [0.2, 0.25) is 0 Å². The number of hydrogen-bond acceptors (Lipinski definition) is 4. The third-order valence-corrected chi connectivity index (χ3v) is 5.59. The van der Waals surface area contributed by atoms with E-state index in [1.165, 1.54) is 36.0 Å². The van der Waals surface area contributed by atoms with Gasteiger partial charge in [0.1, 0.15) is 0 Å². The Hall–Kier alpha value is -2.53. The number of amides is 1. The molecule has 1 N–H and O–H groups in total. The zero-order valence-electron chi connectivity index (χ0n) is 18.0. The van der Waals surface area contributed by atoms with Crippen molar-refractivity contribution in [3.63, 3.8) is 0 Å². The summed E-state index contributed by atoms with van der Waals surface area (Å²) in [7, 11) is 5.19. The molecule has 1 aliphatic rings. The zero-order chi connectivity index (χ0) is 20.8. The normalized spacial score (nSPS) is 14.2. The Bertz CT molecular complexity index is 850. The van der Waals surface area contributed by atoms with Crippen LogP contribution in [0.4, 0.5) is 0 Å². The highest BCUT2D eigenvalue weighted by molar-refractivity contribution is 5.78. The quantitative estimate of drug-likeness (QED) is 0.735. The van der Waals surface area contributed by atoms with E-state index < -0.39 is 0 Å². The minimum atomic E-state index is -0.00511. The van der Waals surface area contributed by atoms with E-state index in [0.29, 0.717) is 24.6 Å². The van der Waals surface area contributed by atoms with Gasteiger partial charge in [0.15, 0.2) is 11.5 Å². The Labute approximate surface area is 174 Å². The highest BCUT2D eigenvalue weighted by Gasteiger charge is 2.16. The molecule has 1 amide bonds. The molecule has 5 nitrogen and oxygen atoms in total. The van der Waals surface area contributed by atoms with Gasteiger partial charge in [-0.3, -0.25) is 9.69 Å². The number of rotatable bonds is 8. The molecule has 0 fully saturated rings. The average molecular weight is 397 g/mol. The molecule has 0 radical (unpaired) electrons. The Kier molecular flexibility index (Phi) is 7.15. The minimum absolute atomic E-state index is 0.00511. The SMILES string of the molecule is COc1cccc(CN(C)CC(=O)NC(C)c2ccc3c(c2)CCCC3)c1OC. The zero-order valence-corrected chi connectivity index (χ0v) is 18.0. The van der Waals surface area contributed by atoms with Crippen molar-refractivity contribution in [3.8, 4) is 11.5 Å². The number of nitrogens with zero attached hydrogens (tertiary/aromatic N) is 1. The summed E-state index contributed by atoms with van der Waals surface area (Å²) >= 11 is 0. The number of para-hydroxylation sites is 1. The van der Waals surface area contributed by atoms with Crippen LogP contribution in [0.1, 0.15) is 48.1 Å². The van der Waals surface area contributed by atoms with Crippen LogP contribution >= 0.6 is 0 Å². The van der Waals surface area contributed by atoms with Crippen molar-refractivity contribution >= 4 is 5.91 Å². The summed E-state index contributed by atoms with van der Waals surface area (Å²) in [5.41, 5.74) is 5.07. The lowest BCUT2D eigenvalue weighted by molar-refractivity contribution is -0.122. The number of ether oxygens (including phenoxy) is 2. The maximum atomic E-state index is 12.6. The van der Waals surface area contributed by atoms with Crippen LogP contribution < -0.4 is 14.8 Å². The number of fused-ring (bicyclic) bond motifs is 1. The lowest BCUT2D eigenvalue weighted by Crippen LogP contribution is -2.36. The van der Waals surface area contributed by atoms with Crippen LogP contribution in [0.3, 0.4) is 0 Å². The standard InChI is InChI=1S/C24H32N2O3/c1-17(19-13-12-18-8-5-6-9-20(18)14-19)25-23(27)16-26(2)15-21-10-7-11-22(28-3)24(21)29-4/h7,10-14,17H,5-6,8-9,15-16H2,1-4H3,(H,25,27). The number of nitrogens with one attached hydrogen (secondary N) is 1. The highest BCUT2D eigenvalue weighted by atomic mass is 16.5. The predicted octanol–water partition coefficient (Wildman–Crippen LogP) is 3.89. The van der Waals surface area contributed by atoms with E-state index in [-0.39, 0.29) is 11.9 Å². The van der Waals surface area contributed by atoms with Gasteiger partial charge >= 0.3 is 0 Å². The summed E-state index contributed by atoms with van der Waals surface area (Å²) in [4.78, 5) is 14.6. The van der Waals surface area contributed by atoms with Gasteiger partial charge in [0.25, 0.3) is 0 Å². The fourth-order valence-electron chi connectivity index (χ4n) is 4.06. The topological polar surface area (TPSA) is 50.8 Å². The van der Waals surface area contributed by atoms with Crippen molar-refractivity contribution in [2.75, 3.05) is 27.8 Å². The molecular formula is C24H32N2O3. The smallest absolute Gasteiger partial charge is 0.234 e. The van der Waals surface area contributed by atoms with E-state index in [9.17, 15) is 4.79 Å². The van der Waals surface area contributed by atoms with Crippen molar-refractivity contribution in [1.82, 2.24) is 10.2 Å². The molecule has 1 aliphatic carbocycles. The molecule has 156 valence electrons. The molecule has 0 bridgehead atoms. The number of likely N-dealkylation sites (N-methyl/N-ethyl adjacent to an activating group) is 1. The van der Waals surface area contributed by atoms with Gasteiger partial charge in [-0.25, -0.2) is 0 Å². The molecule has 2 aromatic carbocycles. The summed E-state index contributed by atoms with van der Waals surface area (Å²) < 4.78 is 10.8. The van der Waals surface area contributed by atoms with Crippen LogP contribution in [-0.2, 0) is 24.2 Å². The summed E-state index contributed by atoms with van der Waals surface area (Å²) in [6.07, 6.45) is 4.86. The predicted molar refractivity (Wildman–Crippen MR) is 116 cm³/mol. The van der Waals surface area contributed by atoms with Crippen LogP contribution in [-0.4, -0.2) is 38.6 Å². The van der Waals surface area contributed by atoms with Crippen LogP contribution in [0, 0.1) is 0 Å². The third-order valence-electron chi connectivity index (χ3n) is 5.59. The van der Waals surface area contributed by atoms with Gasteiger partial charge in [0, 0.05) is 12.1 Å². The first-order valence-corrected chi connectivity index (χ1v) is 10.3. The van der Waals surface area contributed by atoms with Gasteiger partial charge < -0.3 is 14.8 Å². The molecule has 1 atom stereocenters. The molecule has 29 heavy (non-hydrogen) atoms. The van der Waals surface area contributed by atoms with Gasteiger partial charge in [0.05, 0.1) is 26.8 Å². The molecule has 0 saturated heterocycles. The Balaban J connectivity index is 1.58. The lowest BCUT2D eigenvalue weighted by atomic mass is 9.89. The molecule has 0 spiro atoms. The molecule has 0 aliphatic heterocycles. The molecular weight excluding hydrogens is 364 g/mol. The number of aryl methyl sites for hydroxylation is 2. The van der Waals surface area contributed by atoms with Crippen LogP contribution in [0.5, 0.6) is 11.5 Å². The monoisotopic (exact) mass is 396 g/mol. The summed E-state index contributed by atoms with van der Waals surface area (Å²) in [5.74, 6) is 1.42. The molecule has 0 aromatic heterocycles. The second kappa shape index (κ2) is 9.79. The van der Waals surface area contributed by atoms with Crippen molar-refractivity contribution in [1.29, 1.82) is 0 Å². The lowest BCUT2D eigenvalue weighted by Gasteiger charge is -2.22. The number of methoxy groups -OCH3 is 2. The van der Waals surface area contributed by atoms with Gasteiger partial charge in [-0.2, -0.15) is 0 Å². The van der Waals surface area contributed by atoms with Crippen molar-refractivity contribution < 1.29 is 14.3 Å². The van der Waals surface area contributed by atoms with Crippen molar-refractivity contribution in [2.45, 2.75) is 45.2 Å². The van der Waals surface area contributed by atoms with Crippen LogP contribution in [0.25, 0.3) is 0 Å². The molecule has 1 unspecified atom stereocenters. The fourth-order valence-corrected chi connectivity index (χ4v) is 4.06. The van der Waals surface area contributed by atoms with E-state index in [0.717, 1.165) is 12.0 Å². The van der Waals surface area contributed by atoms with Gasteiger partial charge in [-0.15, -0.1) is 0 Å². The fraction of sp³-hybridized carbons (Fsp3) is 0.458. The van der Waals surface area contributed by atoms with E-state index >= 15 is 0 Å². The van der Waals surface area contributed by atoms with E-state index in [2.05, 4.69) is 23.5 Å². The first-order valence-electron chi connectivity index (χ1n) is 10.3. The molecule has 3 rings (SSSR count). The number of hydrogen-bond donors (Lipinski definition) is 1. The van der Waals surface area contributed by atoms with Crippen molar-refractivity contribution in [2.24, 2.45) is 0 Å². The van der Waals surface area contributed by atoms with Gasteiger partial charge in [0.2, 0.25) is 5.91 Å². The molecule has 0 saturated carbocycles. The largest absolute Gasteiger partial charge is 0.493 e. The summed E-state index contributed by atoms with van der Waals surface area (Å²) in [5, 5.41) is 3.13. The Morgan fingerprint density at radius 1 is 1.10 bits per heavy atom. The van der Waals surface area contributed by atoms with Crippen molar-refractivity contribution in [3.05, 3.63) is 58.7 Å². The number of benzene rings is 2. The average Bonchev–Trinajstić information content (AvgIpc) is 2.72. The number of carbonyl (C=O) groups excluding carboxylic acids is 1. The molecule has 5 heteroatoms. The maximum Gasteiger partial charge on any atom is 0.234 e. The third kappa shape index (κ3) is 5.30. The van der Waals surface area contributed by atoms with Gasteiger partial charge in [-0.05, 0) is 62.4 Å². The van der Waals surface area contributed by atoms with E-state index in [1.807, 2.05) is 37.1 Å². The Morgan fingerprint density at radius 2 is 1.86 bits per heavy atom. The van der Waals surface area contributed by atoms with E-state index in [4.69, 9.17) is 9.47 Å². The summed E-state index contributed by atoms with van der Waals surface area (Å²) in [6, 6.07) is 12.4. The maximum absolute atomic E-state index is 12.6. The minimum Gasteiger partial charge on any atom is -0.493 e. The summed E-state index contributed by atoms with van der Waals surface area (Å²) in [6.45, 7) is 2.96. The first-order chi connectivity index (χ1) is 14.0. The van der Waals surface area contributed by atoms with Crippen LogP contribution in [0.15, 0.2) is 36.4 Å². The molecule has 2 aromatic rings. The number of carbonyl (C=O) groups is 1. The molecule has 0 heterocycles. The Morgan fingerprint density at radius 3 is 2.59 bits per heavy atom. The van der Waals surface area contributed by atoms with Gasteiger partial charge in [-0.1, -0.05) is 30.3 Å². The second-order valence-corrected chi connectivity index (χ2v) is 7.85. The highest BCUT2D eigenvalue weighted by Crippen LogP contribution is 2.31. The first kappa shape index (κ1) is 21.2. The van der Waals surface area contributed by atoms with E-state index in [1.54, 1.807) is 14.2 Å². The second-order valence-electron chi connectivity index (χ2n) is 7.85.